The van der Waals surface area contributed by atoms with Crippen LogP contribution >= 0.6 is 15.9 Å². The van der Waals surface area contributed by atoms with Gasteiger partial charge in [-0.3, -0.25) is 0 Å². The highest BCUT2D eigenvalue weighted by Gasteiger charge is 2.19. The number of nitrogens with one attached hydrogen (secondary N) is 1. The zero-order valence-electron chi connectivity index (χ0n) is 13.6. The van der Waals surface area contributed by atoms with Gasteiger partial charge in [0.1, 0.15) is 23.0 Å². The molecule has 5 nitrogen and oxygen atoms in total. The van der Waals surface area contributed by atoms with Gasteiger partial charge in [0.2, 0.25) is 10.0 Å². The fraction of sp³-hybridized carbons (Fsp3) is 0.294. The summed E-state index contributed by atoms with van der Waals surface area (Å²) >= 11 is 3.29. The lowest BCUT2D eigenvalue weighted by Crippen LogP contribution is -2.28. The van der Waals surface area contributed by atoms with E-state index in [1.165, 1.54) is 6.07 Å². The third-order valence-corrected chi connectivity index (χ3v) is 5.15. The number of rotatable bonds is 8. The van der Waals surface area contributed by atoms with Crippen LogP contribution in [0.15, 0.2) is 51.8 Å². The van der Waals surface area contributed by atoms with Crippen LogP contribution in [0.3, 0.4) is 0 Å². The molecule has 0 aliphatic carbocycles. The summed E-state index contributed by atoms with van der Waals surface area (Å²) in [5.41, 5.74) is 1.14. The second kappa shape index (κ2) is 8.50. The van der Waals surface area contributed by atoms with Gasteiger partial charge < -0.3 is 9.47 Å². The monoisotopic (exact) mass is 413 g/mol. The maximum absolute atomic E-state index is 12.5. The third-order valence-electron chi connectivity index (χ3n) is 3.18. The van der Waals surface area contributed by atoms with Gasteiger partial charge in [0.25, 0.3) is 0 Å². The van der Waals surface area contributed by atoms with E-state index in [4.69, 9.17) is 9.47 Å². The first-order valence-electron chi connectivity index (χ1n) is 7.54. The summed E-state index contributed by atoms with van der Waals surface area (Å²) < 4.78 is 39.1. The van der Waals surface area contributed by atoms with Gasteiger partial charge >= 0.3 is 0 Å². The Labute approximate surface area is 151 Å². The Balaban J connectivity index is 1.98. The van der Waals surface area contributed by atoms with Gasteiger partial charge in [-0.2, -0.15) is 0 Å². The van der Waals surface area contributed by atoms with Crippen molar-refractivity contribution in [2.45, 2.75) is 18.7 Å². The zero-order chi connectivity index (χ0) is 17.6. The molecule has 0 aromatic heterocycles. The van der Waals surface area contributed by atoms with Crippen molar-refractivity contribution in [3.8, 4) is 11.5 Å². The molecule has 2 aromatic carbocycles. The second-order valence-electron chi connectivity index (χ2n) is 5.08. The van der Waals surface area contributed by atoms with Gasteiger partial charge in [-0.25, -0.2) is 13.1 Å². The summed E-state index contributed by atoms with van der Waals surface area (Å²) in [6, 6.07) is 12.5. The quantitative estimate of drug-likeness (QED) is 0.672. The van der Waals surface area contributed by atoms with E-state index in [2.05, 4.69) is 20.7 Å². The number of hydrogen-bond acceptors (Lipinski definition) is 4. The van der Waals surface area contributed by atoms with Crippen molar-refractivity contribution in [1.29, 1.82) is 0 Å². The summed E-state index contributed by atoms with van der Waals surface area (Å²) in [5.74, 6) is 1.03. The Morgan fingerprint density at radius 1 is 1.08 bits per heavy atom. The average Bonchev–Trinajstić information content (AvgIpc) is 2.55. The van der Waals surface area contributed by atoms with Crippen molar-refractivity contribution < 1.29 is 17.9 Å². The molecule has 0 saturated heterocycles. The summed E-state index contributed by atoms with van der Waals surface area (Å²) in [5, 5.41) is 0. The Kier molecular flexibility index (Phi) is 6.65. The van der Waals surface area contributed by atoms with Crippen LogP contribution in [0.5, 0.6) is 11.5 Å². The van der Waals surface area contributed by atoms with E-state index < -0.39 is 10.0 Å². The number of sulfonamides is 1. The fourth-order valence-electron chi connectivity index (χ4n) is 2.02. The average molecular weight is 414 g/mol. The minimum Gasteiger partial charge on any atom is -0.492 e. The first kappa shape index (κ1) is 18.8. The molecule has 0 radical (unpaired) electrons. The standard InChI is InChI=1S/C17H20BrNO4S/c1-3-22-16-9-6-14(18)12-17(16)24(20,21)19-10-11-23-15-7-4-13(2)5-8-15/h4-9,12,19H,3,10-11H2,1-2H3. The highest BCUT2D eigenvalue weighted by Crippen LogP contribution is 2.27. The van der Waals surface area contributed by atoms with Crippen molar-refractivity contribution in [2.75, 3.05) is 19.8 Å². The molecule has 0 saturated carbocycles. The SMILES string of the molecule is CCOc1ccc(Br)cc1S(=O)(=O)NCCOc1ccc(C)cc1. The van der Waals surface area contributed by atoms with Gasteiger partial charge in [0, 0.05) is 11.0 Å². The highest BCUT2D eigenvalue weighted by atomic mass is 79.9. The number of benzene rings is 2. The Hall–Kier alpha value is -1.57. The number of hydrogen-bond donors (Lipinski definition) is 1. The van der Waals surface area contributed by atoms with E-state index in [9.17, 15) is 8.42 Å². The van der Waals surface area contributed by atoms with Crippen molar-refractivity contribution in [2.24, 2.45) is 0 Å². The molecule has 0 bridgehead atoms. The molecule has 2 rings (SSSR count). The molecule has 0 spiro atoms. The van der Waals surface area contributed by atoms with Crippen LogP contribution in [0.2, 0.25) is 0 Å². The first-order chi connectivity index (χ1) is 11.4. The number of ether oxygens (including phenoxy) is 2. The smallest absolute Gasteiger partial charge is 0.244 e. The lowest BCUT2D eigenvalue weighted by atomic mass is 10.2. The van der Waals surface area contributed by atoms with Gasteiger partial charge in [0.15, 0.2) is 0 Å². The van der Waals surface area contributed by atoms with E-state index in [-0.39, 0.29) is 18.0 Å². The molecule has 0 fully saturated rings. The van der Waals surface area contributed by atoms with Crippen molar-refractivity contribution in [3.63, 3.8) is 0 Å². The maximum Gasteiger partial charge on any atom is 0.244 e. The molecule has 0 heterocycles. The summed E-state index contributed by atoms with van der Waals surface area (Å²) in [4.78, 5) is 0.106. The van der Waals surface area contributed by atoms with Crippen molar-refractivity contribution >= 4 is 26.0 Å². The highest BCUT2D eigenvalue weighted by molar-refractivity contribution is 9.10. The van der Waals surface area contributed by atoms with Gasteiger partial charge in [-0.1, -0.05) is 33.6 Å². The zero-order valence-corrected chi connectivity index (χ0v) is 16.0. The maximum atomic E-state index is 12.5. The van der Waals surface area contributed by atoms with E-state index in [1.54, 1.807) is 19.1 Å². The molecule has 130 valence electrons. The minimum atomic E-state index is -3.68. The van der Waals surface area contributed by atoms with Crippen LogP contribution < -0.4 is 14.2 Å². The summed E-state index contributed by atoms with van der Waals surface area (Å²) in [7, 11) is -3.68. The van der Waals surface area contributed by atoms with Crippen LogP contribution in [-0.4, -0.2) is 28.2 Å². The normalized spacial score (nSPS) is 11.3. The molecule has 0 unspecified atom stereocenters. The molecule has 1 N–H and O–H groups in total. The Morgan fingerprint density at radius 3 is 2.46 bits per heavy atom. The Morgan fingerprint density at radius 2 is 1.79 bits per heavy atom. The molecule has 7 heteroatoms. The molecule has 0 aliphatic heterocycles. The van der Waals surface area contributed by atoms with E-state index in [0.29, 0.717) is 22.6 Å². The molecule has 24 heavy (non-hydrogen) atoms. The van der Waals surface area contributed by atoms with E-state index in [1.807, 2.05) is 31.2 Å². The lowest BCUT2D eigenvalue weighted by Gasteiger charge is -2.13. The van der Waals surface area contributed by atoms with Crippen molar-refractivity contribution in [1.82, 2.24) is 4.72 Å². The Bertz CT molecular complexity index is 776. The topological polar surface area (TPSA) is 64.6 Å². The van der Waals surface area contributed by atoms with Crippen LogP contribution in [0, 0.1) is 6.92 Å². The fourth-order valence-corrected chi connectivity index (χ4v) is 3.72. The molecule has 2 aromatic rings. The van der Waals surface area contributed by atoms with Crippen molar-refractivity contribution in [3.05, 3.63) is 52.5 Å². The van der Waals surface area contributed by atoms with Crippen LogP contribution in [0.1, 0.15) is 12.5 Å². The van der Waals surface area contributed by atoms with E-state index in [0.717, 1.165) is 5.56 Å². The minimum absolute atomic E-state index is 0.106. The first-order valence-corrected chi connectivity index (χ1v) is 9.81. The molecular weight excluding hydrogens is 394 g/mol. The summed E-state index contributed by atoms with van der Waals surface area (Å²) in [6.07, 6.45) is 0. The number of aryl methyl sites for hydroxylation is 1. The molecule has 0 atom stereocenters. The van der Waals surface area contributed by atoms with Crippen LogP contribution in [0.25, 0.3) is 0 Å². The van der Waals surface area contributed by atoms with Crippen LogP contribution in [-0.2, 0) is 10.0 Å². The molecular formula is C17H20BrNO4S. The van der Waals surface area contributed by atoms with Gasteiger partial charge in [-0.15, -0.1) is 0 Å². The van der Waals surface area contributed by atoms with Gasteiger partial charge in [-0.05, 0) is 44.2 Å². The lowest BCUT2D eigenvalue weighted by molar-refractivity contribution is 0.321. The predicted octanol–water partition coefficient (Wildman–Crippen LogP) is 3.51. The second-order valence-corrected chi connectivity index (χ2v) is 7.73. The molecule has 0 amide bonds. The molecule has 0 aliphatic rings. The third kappa shape index (κ3) is 5.22. The van der Waals surface area contributed by atoms with E-state index >= 15 is 0 Å². The van der Waals surface area contributed by atoms with Crippen LogP contribution in [0.4, 0.5) is 0 Å². The van der Waals surface area contributed by atoms with Gasteiger partial charge in [0.05, 0.1) is 6.61 Å². The predicted molar refractivity (Wildman–Crippen MR) is 97.2 cm³/mol. The largest absolute Gasteiger partial charge is 0.492 e. The number of halogens is 1. The summed E-state index contributed by atoms with van der Waals surface area (Å²) in [6.45, 7) is 4.59.